The van der Waals surface area contributed by atoms with E-state index in [-0.39, 0.29) is 31.6 Å². The average molecular weight is 538 g/mol. The third-order valence-corrected chi connectivity index (χ3v) is 5.78. The Labute approximate surface area is 224 Å². The molecule has 1 aromatic rings. The molecule has 4 N–H and O–H groups in total. The first-order valence-corrected chi connectivity index (χ1v) is 13.2. The highest BCUT2D eigenvalue weighted by molar-refractivity contribution is 5.87. The van der Waals surface area contributed by atoms with Crippen LogP contribution in [0.3, 0.4) is 0 Å². The molecule has 0 spiro atoms. The van der Waals surface area contributed by atoms with Crippen molar-refractivity contribution in [3.63, 3.8) is 0 Å². The average Bonchev–Trinajstić information content (AvgIpc) is 3.70. The number of amides is 3. The van der Waals surface area contributed by atoms with E-state index < -0.39 is 36.1 Å². The summed E-state index contributed by atoms with van der Waals surface area (Å²) in [5.74, 6) is -0.937. The molecule has 38 heavy (non-hydrogen) atoms. The second kappa shape index (κ2) is 17.7. The summed E-state index contributed by atoms with van der Waals surface area (Å²) in [6.07, 6.45) is 0.156. The van der Waals surface area contributed by atoms with Crippen LogP contribution in [0.25, 0.3) is 0 Å². The fourth-order valence-electron chi connectivity index (χ4n) is 3.63. The number of nitrogens with one attached hydrogen (secondary N) is 3. The SMILES string of the molecule is COCCOCCOCCOC(=O)N[C@@H](CC(C)C)C(=O)N[C@@H](Cc1ccccc1)C(O)C(=O)NC1CC1. The van der Waals surface area contributed by atoms with Gasteiger partial charge >= 0.3 is 6.09 Å². The van der Waals surface area contributed by atoms with Gasteiger partial charge in [-0.05, 0) is 37.2 Å². The fourth-order valence-corrected chi connectivity index (χ4v) is 3.63. The van der Waals surface area contributed by atoms with Crippen LogP contribution in [0.2, 0.25) is 0 Å². The summed E-state index contributed by atoms with van der Waals surface area (Å²) in [7, 11) is 1.60. The van der Waals surface area contributed by atoms with Crippen LogP contribution in [0.4, 0.5) is 4.79 Å². The molecule has 0 heterocycles. The van der Waals surface area contributed by atoms with Gasteiger partial charge in [0.2, 0.25) is 5.91 Å². The van der Waals surface area contributed by atoms with E-state index in [9.17, 15) is 19.5 Å². The van der Waals surface area contributed by atoms with Gasteiger partial charge in [0.25, 0.3) is 5.91 Å². The molecule has 0 aliphatic heterocycles. The predicted molar refractivity (Wildman–Crippen MR) is 140 cm³/mol. The van der Waals surface area contributed by atoms with Crippen molar-refractivity contribution >= 4 is 17.9 Å². The molecule has 214 valence electrons. The molecule has 1 aliphatic rings. The number of hydrogen-bond donors (Lipinski definition) is 4. The lowest BCUT2D eigenvalue weighted by Gasteiger charge is -2.27. The first-order chi connectivity index (χ1) is 18.3. The van der Waals surface area contributed by atoms with Gasteiger partial charge in [-0.1, -0.05) is 44.2 Å². The minimum atomic E-state index is -1.44. The molecule has 0 bridgehead atoms. The van der Waals surface area contributed by atoms with Crippen molar-refractivity contribution in [1.29, 1.82) is 0 Å². The van der Waals surface area contributed by atoms with Gasteiger partial charge < -0.3 is 40.0 Å². The summed E-state index contributed by atoms with van der Waals surface area (Å²) in [6, 6.07) is 7.57. The molecule has 3 amide bonds. The molecule has 11 heteroatoms. The second-order valence-corrected chi connectivity index (χ2v) is 9.71. The third-order valence-electron chi connectivity index (χ3n) is 5.78. The lowest BCUT2D eigenvalue weighted by molar-refractivity contribution is -0.132. The molecule has 1 aliphatic carbocycles. The number of aliphatic hydroxyl groups excluding tert-OH is 1. The van der Waals surface area contributed by atoms with E-state index in [2.05, 4.69) is 16.0 Å². The van der Waals surface area contributed by atoms with Crippen LogP contribution in [-0.4, -0.2) is 94.0 Å². The lowest BCUT2D eigenvalue weighted by atomic mass is 9.98. The minimum Gasteiger partial charge on any atom is -0.447 e. The fraction of sp³-hybridized carbons (Fsp3) is 0.667. The van der Waals surface area contributed by atoms with Crippen LogP contribution in [0.15, 0.2) is 30.3 Å². The van der Waals surface area contributed by atoms with Gasteiger partial charge in [-0.3, -0.25) is 9.59 Å². The first kappa shape index (κ1) is 31.5. The molecule has 1 aromatic carbocycles. The Bertz CT molecular complexity index is 835. The molecule has 1 unspecified atom stereocenters. The third kappa shape index (κ3) is 13.2. The largest absolute Gasteiger partial charge is 0.447 e. The predicted octanol–water partition coefficient (Wildman–Crippen LogP) is 1.17. The van der Waals surface area contributed by atoms with Crippen molar-refractivity contribution in [3.05, 3.63) is 35.9 Å². The van der Waals surface area contributed by atoms with Gasteiger partial charge in [0.15, 0.2) is 6.10 Å². The monoisotopic (exact) mass is 537 g/mol. The van der Waals surface area contributed by atoms with Gasteiger partial charge in [0, 0.05) is 13.2 Å². The molecule has 0 radical (unpaired) electrons. The van der Waals surface area contributed by atoms with Crippen LogP contribution in [-0.2, 0) is 35.0 Å². The van der Waals surface area contributed by atoms with Crippen molar-refractivity contribution in [3.8, 4) is 0 Å². The molecule has 3 atom stereocenters. The summed E-state index contributed by atoms with van der Waals surface area (Å²) in [5, 5.41) is 19.0. The van der Waals surface area contributed by atoms with Crippen LogP contribution in [0.1, 0.15) is 38.7 Å². The Morgan fingerprint density at radius 1 is 0.921 bits per heavy atom. The van der Waals surface area contributed by atoms with Gasteiger partial charge in [-0.25, -0.2) is 4.79 Å². The number of carbonyl (C=O) groups excluding carboxylic acids is 3. The second-order valence-electron chi connectivity index (χ2n) is 9.71. The highest BCUT2D eigenvalue weighted by Crippen LogP contribution is 2.19. The van der Waals surface area contributed by atoms with E-state index in [1.54, 1.807) is 7.11 Å². The molecule has 0 saturated heterocycles. The standard InChI is InChI=1S/C27H43N3O8/c1-19(2)17-23(30-27(34)38-16-15-37-14-13-36-12-11-35-3)25(32)29-22(18-20-7-5-4-6-8-20)24(31)26(33)28-21-9-10-21/h4-8,19,21-24,31H,9-18H2,1-3H3,(H,28,33)(H,29,32)(H,30,34)/t22-,23-,24?/m0/s1. The number of benzene rings is 1. The van der Waals surface area contributed by atoms with E-state index >= 15 is 0 Å². The number of rotatable bonds is 19. The highest BCUT2D eigenvalue weighted by atomic mass is 16.6. The molecule has 11 nitrogen and oxygen atoms in total. The van der Waals surface area contributed by atoms with Gasteiger partial charge in [0.05, 0.1) is 39.1 Å². The Balaban J connectivity index is 1.89. The molecule has 1 saturated carbocycles. The number of ether oxygens (including phenoxy) is 4. The van der Waals surface area contributed by atoms with Crippen LogP contribution in [0, 0.1) is 5.92 Å². The molecular formula is C27H43N3O8. The minimum absolute atomic E-state index is 0.0105. The van der Waals surface area contributed by atoms with Crippen LogP contribution >= 0.6 is 0 Å². The summed E-state index contributed by atoms with van der Waals surface area (Å²) in [6.45, 7) is 5.79. The van der Waals surface area contributed by atoms with Crippen molar-refractivity contribution in [1.82, 2.24) is 16.0 Å². The Morgan fingerprint density at radius 3 is 2.16 bits per heavy atom. The molecule has 1 fully saturated rings. The zero-order valence-electron chi connectivity index (χ0n) is 22.6. The van der Waals surface area contributed by atoms with E-state index in [0.29, 0.717) is 32.8 Å². The highest BCUT2D eigenvalue weighted by Gasteiger charge is 2.34. The Morgan fingerprint density at radius 2 is 1.55 bits per heavy atom. The number of carbonyl (C=O) groups is 3. The van der Waals surface area contributed by atoms with E-state index in [4.69, 9.17) is 18.9 Å². The molecule has 0 aromatic heterocycles. The maximum atomic E-state index is 13.2. The summed E-state index contributed by atoms with van der Waals surface area (Å²) >= 11 is 0. The van der Waals surface area contributed by atoms with Crippen molar-refractivity contribution in [2.24, 2.45) is 5.92 Å². The smallest absolute Gasteiger partial charge is 0.407 e. The van der Waals surface area contributed by atoms with Crippen molar-refractivity contribution in [2.45, 2.75) is 63.8 Å². The number of alkyl carbamates (subject to hydrolysis) is 1. The van der Waals surface area contributed by atoms with E-state index in [1.165, 1.54) is 0 Å². The number of hydrogen-bond acceptors (Lipinski definition) is 8. The topological polar surface area (TPSA) is 144 Å². The van der Waals surface area contributed by atoms with E-state index in [0.717, 1.165) is 18.4 Å². The zero-order chi connectivity index (χ0) is 27.8. The Kier molecular flexibility index (Phi) is 14.7. The normalized spacial score (nSPS) is 15.4. The zero-order valence-corrected chi connectivity index (χ0v) is 22.6. The number of methoxy groups -OCH3 is 1. The number of aliphatic hydroxyl groups is 1. The maximum Gasteiger partial charge on any atom is 0.407 e. The molecular weight excluding hydrogens is 494 g/mol. The van der Waals surface area contributed by atoms with Crippen LogP contribution in [0.5, 0.6) is 0 Å². The first-order valence-electron chi connectivity index (χ1n) is 13.2. The van der Waals surface area contributed by atoms with Gasteiger partial charge in [-0.2, -0.15) is 0 Å². The summed E-state index contributed by atoms with van der Waals surface area (Å²) in [4.78, 5) is 38.2. The summed E-state index contributed by atoms with van der Waals surface area (Å²) < 4.78 is 20.7. The summed E-state index contributed by atoms with van der Waals surface area (Å²) in [5.41, 5.74) is 0.855. The van der Waals surface area contributed by atoms with Crippen molar-refractivity contribution < 1.29 is 38.4 Å². The molecule has 2 rings (SSSR count). The lowest BCUT2D eigenvalue weighted by Crippen LogP contribution is -2.56. The Hall–Kier alpha value is -2.73. The maximum absolute atomic E-state index is 13.2. The van der Waals surface area contributed by atoms with Crippen molar-refractivity contribution in [2.75, 3.05) is 46.8 Å². The van der Waals surface area contributed by atoms with Gasteiger partial charge in [-0.15, -0.1) is 0 Å². The van der Waals surface area contributed by atoms with Crippen LogP contribution < -0.4 is 16.0 Å². The van der Waals surface area contributed by atoms with Gasteiger partial charge in [0.1, 0.15) is 12.6 Å². The quantitative estimate of drug-likeness (QED) is 0.193. The van der Waals surface area contributed by atoms with E-state index in [1.807, 2.05) is 44.2 Å².